The minimum absolute atomic E-state index is 0.0918. The average Bonchev–Trinajstić information content (AvgIpc) is 2.88. The van der Waals surface area contributed by atoms with E-state index < -0.39 is 6.09 Å². The fourth-order valence-corrected chi connectivity index (χ4v) is 2.39. The van der Waals surface area contributed by atoms with Gasteiger partial charge in [0.2, 0.25) is 0 Å². The molecule has 7 heteroatoms. The van der Waals surface area contributed by atoms with E-state index in [1.165, 1.54) is 12.2 Å². The number of ether oxygens (including phenoxy) is 2. The Morgan fingerprint density at radius 3 is 2.64 bits per heavy atom. The van der Waals surface area contributed by atoms with Crippen LogP contribution in [0.15, 0.2) is 37.5 Å². The molecule has 2 atom stereocenters. The summed E-state index contributed by atoms with van der Waals surface area (Å²) in [5.74, 6) is 0. The standard InChI is InChI=1S/C15H22N2O4S/c1-3-8-20-14(18)16-7-5-6-12-10-13(22)11-17(12)15(19)21-9-4-2/h3-6,12-13,22H,1-2,7-11H2,(H,16,18)/t12-,13+/m1/s1. The van der Waals surface area contributed by atoms with E-state index >= 15 is 0 Å². The summed E-state index contributed by atoms with van der Waals surface area (Å²) in [7, 11) is 0. The molecule has 0 radical (unpaired) electrons. The number of rotatable bonds is 7. The van der Waals surface area contributed by atoms with E-state index in [2.05, 4.69) is 31.1 Å². The largest absolute Gasteiger partial charge is 0.445 e. The zero-order valence-electron chi connectivity index (χ0n) is 12.4. The fraction of sp³-hybridized carbons (Fsp3) is 0.467. The van der Waals surface area contributed by atoms with E-state index in [1.54, 1.807) is 11.0 Å². The molecule has 0 aromatic rings. The van der Waals surface area contributed by atoms with E-state index in [1.807, 2.05) is 6.08 Å². The van der Waals surface area contributed by atoms with Crippen molar-refractivity contribution >= 4 is 24.8 Å². The summed E-state index contributed by atoms with van der Waals surface area (Å²) in [4.78, 5) is 24.7. The van der Waals surface area contributed by atoms with Crippen LogP contribution in [0.4, 0.5) is 9.59 Å². The lowest BCUT2D eigenvalue weighted by atomic mass is 10.2. The highest BCUT2D eigenvalue weighted by molar-refractivity contribution is 7.81. The highest BCUT2D eigenvalue weighted by Crippen LogP contribution is 2.23. The third-order valence-corrected chi connectivity index (χ3v) is 3.31. The average molecular weight is 326 g/mol. The molecule has 6 nitrogen and oxygen atoms in total. The Morgan fingerprint density at radius 2 is 1.95 bits per heavy atom. The molecule has 0 aliphatic carbocycles. The number of hydrogen-bond donors (Lipinski definition) is 2. The SMILES string of the molecule is C=CCOC(=O)NCC=C[C@@H]1C[C@H](S)CN1C(=O)OCC=C. The molecule has 2 amide bonds. The van der Waals surface area contributed by atoms with Crippen molar-refractivity contribution in [1.82, 2.24) is 10.2 Å². The molecule has 1 aliphatic rings. The van der Waals surface area contributed by atoms with Crippen LogP contribution in [0.5, 0.6) is 0 Å². The van der Waals surface area contributed by atoms with Gasteiger partial charge in [-0.3, -0.25) is 0 Å². The number of likely N-dealkylation sites (tertiary alicyclic amines) is 1. The van der Waals surface area contributed by atoms with Gasteiger partial charge in [-0.05, 0) is 6.42 Å². The second-order valence-electron chi connectivity index (χ2n) is 4.67. The Labute approximate surface area is 136 Å². The maximum absolute atomic E-state index is 11.9. The van der Waals surface area contributed by atoms with Crippen LogP contribution in [0, 0.1) is 0 Å². The predicted octanol–water partition coefficient (Wildman–Crippen LogP) is 2.15. The number of nitrogens with one attached hydrogen (secondary N) is 1. The zero-order chi connectivity index (χ0) is 16.4. The maximum Gasteiger partial charge on any atom is 0.410 e. The summed E-state index contributed by atoms with van der Waals surface area (Å²) >= 11 is 4.41. The summed E-state index contributed by atoms with van der Waals surface area (Å²) in [6.07, 6.45) is 6.50. The van der Waals surface area contributed by atoms with Crippen molar-refractivity contribution in [2.45, 2.75) is 17.7 Å². The van der Waals surface area contributed by atoms with Crippen molar-refractivity contribution in [1.29, 1.82) is 0 Å². The number of nitrogens with zero attached hydrogens (tertiary/aromatic N) is 1. The molecule has 0 aromatic heterocycles. The van der Waals surface area contributed by atoms with Gasteiger partial charge in [0.15, 0.2) is 0 Å². The van der Waals surface area contributed by atoms with Gasteiger partial charge < -0.3 is 19.7 Å². The number of carbonyl (C=O) groups excluding carboxylic acids is 2. The highest BCUT2D eigenvalue weighted by Gasteiger charge is 2.32. The van der Waals surface area contributed by atoms with Crippen molar-refractivity contribution in [2.24, 2.45) is 0 Å². The predicted molar refractivity (Wildman–Crippen MR) is 88.1 cm³/mol. The molecule has 22 heavy (non-hydrogen) atoms. The summed E-state index contributed by atoms with van der Waals surface area (Å²) in [5, 5.41) is 2.68. The van der Waals surface area contributed by atoms with E-state index in [9.17, 15) is 9.59 Å². The molecular weight excluding hydrogens is 304 g/mol. The summed E-state index contributed by atoms with van der Waals surface area (Å²) < 4.78 is 9.82. The van der Waals surface area contributed by atoms with Crippen molar-refractivity contribution in [3.8, 4) is 0 Å². The third-order valence-electron chi connectivity index (χ3n) is 2.94. The lowest BCUT2D eigenvalue weighted by Gasteiger charge is -2.21. The van der Waals surface area contributed by atoms with Crippen LogP contribution >= 0.6 is 12.6 Å². The Balaban J connectivity index is 2.42. The smallest absolute Gasteiger partial charge is 0.410 e. The van der Waals surface area contributed by atoms with Gasteiger partial charge in [0.25, 0.3) is 0 Å². The summed E-state index contributed by atoms with van der Waals surface area (Å²) in [5.41, 5.74) is 0. The van der Waals surface area contributed by atoms with Crippen LogP contribution in [-0.4, -0.2) is 54.7 Å². The molecule has 1 heterocycles. The molecule has 0 aromatic carbocycles. The van der Waals surface area contributed by atoms with Gasteiger partial charge >= 0.3 is 12.2 Å². The molecule has 0 spiro atoms. The lowest BCUT2D eigenvalue weighted by molar-refractivity contribution is 0.114. The monoisotopic (exact) mass is 326 g/mol. The van der Waals surface area contributed by atoms with E-state index in [-0.39, 0.29) is 30.6 Å². The first-order chi connectivity index (χ1) is 10.6. The number of thiol groups is 1. The fourth-order valence-electron chi connectivity index (χ4n) is 2.00. The molecule has 1 saturated heterocycles. The Kier molecular flexibility index (Phi) is 8.21. The maximum atomic E-state index is 11.9. The van der Waals surface area contributed by atoms with E-state index in [0.717, 1.165) is 6.42 Å². The van der Waals surface area contributed by atoms with Gasteiger partial charge in [0.1, 0.15) is 13.2 Å². The first-order valence-corrected chi connectivity index (χ1v) is 7.50. The molecule has 122 valence electrons. The lowest BCUT2D eigenvalue weighted by Crippen LogP contribution is -2.35. The Bertz CT molecular complexity index is 439. The molecule has 0 bridgehead atoms. The zero-order valence-corrected chi connectivity index (χ0v) is 13.3. The topological polar surface area (TPSA) is 67.9 Å². The van der Waals surface area contributed by atoms with Crippen LogP contribution in [-0.2, 0) is 9.47 Å². The van der Waals surface area contributed by atoms with Crippen molar-refractivity contribution in [3.63, 3.8) is 0 Å². The van der Waals surface area contributed by atoms with Crippen LogP contribution in [0.1, 0.15) is 6.42 Å². The number of alkyl carbamates (subject to hydrolysis) is 1. The van der Waals surface area contributed by atoms with Gasteiger partial charge in [-0.15, -0.1) is 0 Å². The minimum Gasteiger partial charge on any atom is -0.445 e. The molecule has 0 unspecified atom stereocenters. The van der Waals surface area contributed by atoms with Crippen LogP contribution in [0.2, 0.25) is 0 Å². The third kappa shape index (κ3) is 6.26. The van der Waals surface area contributed by atoms with E-state index in [0.29, 0.717) is 13.1 Å². The Hall–Kier alpha value is -1.89. The molecule has 1 aliphatic heterocycles. The molecule has 1 rings (SSSR count). The van der Waals surface area contributed by atoms with Gasteiger partial charge in [0, 0.05) is 18.3 Å². The van der Waals surface area contributed by atoms with Crippen molar-refractivity contribution in [2.75, 3.05) is 26.3 Å². The van der Waals surface area contributed by atoms with E-state index in [4.69, 9.17) is 9.47 Å². The molecule has 0 saturated carbocycles. The Morgan fingerprint density at radius 1 is 1.27 bits per heavy atom. The van der Waals surface area contributed by atoms with Crippen molar-refractivity contribution in [3.05, 3.63) is 37.5 Å². The summed E-state index contributed by atoms with van der Waals surface area (Å²) in [6, 6.07) is -0.0918. The highest BCUT2D eigenvalue weighted by atomic mass is 32.1. The summed E-state index contributed by atoms with van der Waals surface area (Å²) in [6.45, 7) is 8.16. The molecule has 1 N–H and O–H groups in total. The first-order valence-electron chi connectivity index (χ1n) is 6.99. The normalized spacial score (nSPS) is 20.7. The van der Waals surface area contributed by atoms with Gasteiger partial charge in [-0.25, -0.2) is 9.59 Å². The molecule has 1 fully saturated rings. The van der Waals surface area contributed by atoms with Crippen LogP contribution in [0.3, 0.4) is 0 Å². The number of amides is 2. The second kappa shape index (κ2) is 9.94. The number of carbonyl (C=O) groups is 2. The minimum atomic E-state index is -0.509. The van der Waals surface area contributed by atoms with Crippen LogP contribution in [0.25, 0.3) is 0 Å². The molecular formula is C15H22N2O4S. The van der Waals surface area contributed by atoms with Crippen molar-refractivity contribution < 1.29 is 19.1 Å². The van der Waals surface area contributed by atoms with Gasteiger partial charge in [-0.1, -0.05) is 37.5 Å². The first kappa shape index (κ1) is 18.2. The quantitative estimate of drug-likeness (QED) is 0.556. The van der Waals surface area contributed by atoms with Gasteiger partial charge in [-0.2, -0.15) is 12.6 Å². The second-order valence-corrected chi connectivity index (χ2v) is 5.40. The number of hydrogen-bond acceptors (Lipinski definition) is 5. The van der Waals surface area contributed by atoms with Crippen LogP contribution < -0.4 is 5.32 Å². The van der Waals surface area contributed by atoms with Gasteiger partial charge in [0.05, 0.1) is 6.04 Å².